The lowest BCUT2D eigenvalue weighted by molar-refractivity contribution is -0.112. The predicted molar refractivity (Wildman–Crippen MR) is 135 cm³/mol. The monoisotopic (exact) mass is 469 g/mol. The van der Waals surface area contributed by atoms with Gasteiger partial charge in [0.25, 0.3) is 5.91 Å². The minimum atomic E-state index is -0.203. The molecule has 3 aromatic rings. The third kappa shape index (κ3) is 4.88. The minimum Gasteiger partial charge on any atom is -0.369 e. The maximum atomic E-state index is 12.5. The summed E-state index contributed by atoms with van der Waals surface area (Å²) in [6, 6.07) is 17.5. The Balaban J connectivity index is 1.29. The molecule has 0 bridgehead atoms. The van der Waals surface area contributed by atoms with Crippen LogP contribution in [0.2, 0.25) is 0 Å². The van der Waals surface area contributed by atoms with Crippen molar-refractivity contribution in [3.63, 3.8) is 0 Å². The molecule has 0 aliphatic carbocycles. The number of nitrogens with zero attached hydrogens (tertiary/aromatic N) is 5. The Hall–Kier alpha value is -3.87. The van der Waals surface area contributed by atoms with Crippen LogP contribution in [-0.4, -0.2) is 54.0 Å². The van der Waals surface area contributed by atoms with Crippen molar-refractivity contribution in [1.82, 2.24) is 14.9 Å². The van der Waals surface area contributed by atoms with Gasteiger partial charge in [0.2, 0.25) is 5.95 Å². The Morgan fingerprint density at radius 1 is 1.09 bits per heavy atom. The fourth-order valence-electron chi connectivity index (χ4n) is 3.77. The van der Waals surface area contributed by atoms with Gasteiger partial charge in [-0.3, -0.25) is 4.79 Å². The van der Waals surface area contributed by atoms with Crippen LogP contribution in [0, 0.1) is 11.3 Å². The number of hydrogen-bond acceptors (Lipinski definition) is 8. The fourth-order valence-corrected chi connectivity index (χ4v) is 4.67. The first kappa shape index (κ1) is 21.9. The largest absolute Gasteiger partial charge is 0.369 e. The van der Waals surface area contributed by atoms with Crippen molar-refractivity contribution in [2.75, 3.05) is 48.8 Å². The number of carbonyl (C=O) groups is 1. The van der Waals surface area contributed by atoms with Crippen LogP contribution >= 0.6 is 11.8 Å². The summed E-state index contributed by atoms with van der Waals surface area (Å²) in [5.74, 6) is 0.262. The summed E-state index contributed by atoms with van der Waals surface area (Å²) in [6.07, 6.45) is 3.41. The molecule has 2 N–H and O–H groups in total. The Bertz CT molecular complexity index is 1270. The molecule has 0 spiro atoms. The number of fused-ring (bicyclic) bond motifs is 1. The van der Waals surface area contributed by atoms with Crippen molar-refractivity contribution in [3.05, 3.63) is 70.8 Å². The molecular weight excluding hydrogens is 446 g/mol. The first-order chi connectivity index (χ1) is 16.6. The van der Waals surface area contributed by atoms with E-state index in [4.69, 9.17) is 5.26 Å². The van der Waals surface area contributed by atoms with E-state index in [1.807, 2.05) is 24.3 Å². The van der Waals surface area contributed by atoms with E-state index in [9.17, 15) is 4.79 Å². The molecule has 0 atom stereocenters. The first-order valence-corrected chi connectivity index (χ1v) is 11.8. The van der Waals surface area contributed by atoms with Gasteiger partial charge in [0.1, 0.15) is 5.03 Å². The number of thioether (sulfide) groups is 1. The van der Waals surface area contributed by atoms with E-state index in [1.165, 1.54) is 17.4 Å². The average molecular weight is 470 g/mol. The van der Waals surface area contributed by atoms with E-state index in [1.54, 1.807) is 24.4 Å². The summed E-state index contributed by atoms with van der Waals surface area (Å²) < 4.78 is 0. The topological polar surface area (TPSA) is 97.2 Å². The number of nitrogens with one attached hydrogen (secondary N) is 2. The van der Waals surface area contributed by atoms with E-state index in [2.05, 4.69) is 55.7 Å². The molecule has 1 fully saturated rings. The van der Waals surface area contributed by atoms with E-state index in [0.29, 0.717) is 27.1 Å². The standard InChI is InChI=1S/C25H23N7OS/c1-31-10-12-32(13-11-31)20-8-6-19(7-9-20)28-25-27-16-21-24(30-25)34-22(23(33)29-21)14-17-2-4-18(15-26)5-3-17/h2-9,14,16H,10-13H2,1H3,(H,29,33)(H,27,28,30)/b22-14+. The van der Waals surface area contributed by atoms with Gasteiger partial charge in [0, 0.05) is 37.6 Å². The lowest BCUT2D eigenvalue weighted by Crippen LogP contribution is -2.44. The molecule has 2 aromatic carbocycles. The summed E-state index contributed by atoms with van der Waals surface area (Å²) in [5.41, 5.74) is 4.11. The van der Waals surface area contributed by atoms with Crippen LogP contribution in [0.4, 0.5) is 23.0 Å². The lowest BCUT2D eigenvalue weighted by Gasteiger charge is -2.34. The van der Waals surface area contributed by atoms with Gasteiger partial charge in [-0.25, -0.2) is 9.97 Å². The van der Waals surface area contributed by atoms with E-state index in [0.717, 1.165) is 37.4 Å². The Morgan fingerprint density at radius 3 is 2.53 bits per heavy atom. The Morgan fingerprint density at radius 2 is 1.82 bits per heavy atom. The van der Waals surface area contributed by atoms with Gasteiger partial charge in [-0.15, -0.1) is 0 Å². The van der Waals surface area contributed by atoms with Crippen molar-refractivity contribution < 1.29 is 4.79 Å². The third-order valence-electron chi connectivity index (χ3n) is 5.76. The molecule has 9 heteroatoms. The second-order valence-corrected chi connectivity index (χ2v) is 9.20. The summed E-state index contributed by atoms with van der Waals surface area (Å²) in [7, 11) is 2.15. The highest BCUT2D eigenvalue weighted by Crippen LogP contribution is 2.38. The van der Waals surface area contributed by atoms with Crippen LogP contribution in [0.15, 0.2) is 64.7 Å². The molecular formula is C25H23N7OS. The van der Waals surface area contributed by atoms with Crippen molar-refractivity contribution in [2.24, 2.45) is 0 Å². The summed E-state index contributed by atoms with van der Waals surface area (Å²) >= 11 is 1.30. The Kier molecular flexibility index (Phi) is 6.16. The van der Waals surface area contributed by atoms with Gasteiger partial charge in [-0.2, -0.15) is 5.26 Å². The van der Waals surface area contributed by atoms with Crippen molar-refractivity contribution >= 4 is 46.8 Å². The number of nitriles is 1. The van der Waals surface area contributed by atoms with Crippen LogP contribution in [0.3, 0.4) is 0 Å². The molecule has 3 heterocycles. The lowest BCUT2D eigenvalue weighted by atomic mass is 10.1. The van der Waals surface area contributed by atoms with Gasteiger partial charge < -0.3 is 20.4 Å². The zero-order valence-corrected chi connectivity index (χ0v) is 19.5. The van der Waals surface area contributed by atoms with Crippen LogP contribution in [0.5, 0.6) is 0 Å². The molecule has 170 valence electrons. The SMILES string of the molecule is CN1CCN(c2ccc(Nc3ncc4c(n3)S/C(=C/c3ccc(C#N)cc3)C(=O)N4)cc2)CC1. The number of likely N-dealkylation sites (N-methyl/N-ethyl adjacent to an activating group) is 1. The number of benzene rings is 2. The summed E-state index contributed by atoms with van der Waals surface area (Å²) in [4.78, 5) is 26.7. The average Bonchev–Trinajstić information content (AvgIpc) is 2.86. The molecule has 2 aliphatic rings. The molecule has 34 heavy (non-hydrogen) atoms. The van der Waals surface area contributed by atoms with Gasteiger partial charge in [0.15, 0.2) is 0 Å². The van der Waals surface area contributed by atoms with Crippen molar-refractivity contribution in [3.8, 4) is 6.07 Å². The van der Waals surface area contributed by atoms with Crippen LogP contribution < -0.4 is 15.5 Å². The summed E-state index contributed by atoms with van der Waals surface area (Å²) in [6.45, 7) is 4.19. The quantitative estimate of drug-likeness (QED) is 0.438. The highest BCUT2D eigenvalue weighted by atomic mass is 32.2. The molecule has 0 radical (unpaired) electrons. The summed E-state index contributed by atoms with van der Waals surface area (Å²) in [5, 5.41) is 15.7. The predicted octanol–water partition coefficient (Wildman–Crippen LogP) is 3.93. The smallest absolute Gasteiger partial charge is 0.262 e. The second-order valence-electron chi connectivity index (χ2n) is 8.17. The highest BCUT2D eigenvalue weighted by Gasteiger charge is 2.23. The Labute approximate surface area is 202 Å². The highest BCUT2D eigenvalue weighted by molar-refractivity contribution is 8.04. The normalized spacial score (nSPS) is 17.1. The molecule has 0 saturated carbocycles. The van der Waals surface area contributed by atoms with Gasteiger partial charge >= 0.3 is 0 Å². The maximum Gasteiger partial charge on any atom is 0.262 e. The number of amides is 1. The van der Waals surface area contributed by atoms with Gasteiger partial charge in [-0.1, -0.05) is 23.9 Å². The molecule has 1 saturated heterocycles. The number of aromatic nitrogens is 2. The molecule has 1 aromatic heterocycles. The fraction of sp³-hybridized carbons (Fsp3) is 0.200. The van der Waals surface area contributed by atoms with Crippen molar-refractivity contribution in [1.29, 1.82) is 5.26 Å². The van der Waals surface area contributed by atoms with Crippen molar-refractivity contribution in [2.45, 2.75) is 5.03 Å². The van der Waals surface area contributed by atoms with Gasteiger partial charge in [-0.05, 0) is 55.1 Å². The molecule has 1 amide bonds. The number of anilines is 4. The third-order valence-corrected chi connectivity index (χ3v) is 6.79. The number of hydrogen-bond donors (Lipinski definition) is 2. The minimum absolute atomic E-state index is 0.203. The number of piperazine rings is 1. The van der Waals surface area contributed by atoms with E-state index < -0.39 is 0 Å². The van der Waals surface area contributed by atoms with E-state index >= 15 is 0 Å². The molecule has 5 rings (SSSR count). The van der Waals surface area contributed by atoms with Crippen LogP contribution in [-0.2, 0) is 4.79 Å². The van der Waals surface area contributed by atoms with Crippen LogP contribution in [0.25, 0.3) is 6.08 Å². The second kappa shape index (κ2) is 9.55. The number of rotatable bonds is 4. The molecule has 2 aliphatic heterocycles. The van der Waals surface area contributed by atoms with Gasteiger partial charge in [0.05, 0.1) is 28.4 Å². The van der Waals surface area contributed by atoms with E-state index in [-0.39, 0.29) is 5.91 Å². The molecule has 8 nitrogen and oxygen atoms in total. The first-order valence-electron chi connectivity index (χ1n) is 11.0. The number of carbonyl (C=O) groups excluding carboxylic acids is 1. The molecule has 0 unspecified atom stereocenters. The zero-order valence-electron chi connectivity index (χ0n) is 18.7. The van der Waals surface area contributed by atoms with Crippen LogP contribution in [0.1, 0.15) is 11.1 Å². The zero-order chi connectivity index (χ0) is 23.5. The maximum absolute atomic E-state index is 12.5.